The number of nitrogens with one attached hydrogen (secondary N) is 1. The van der Waals surface area contributed by atoms with Crippen molar-refractivity contribution in [3.05, 3.63) is 16.6 Å². The van der Waals surface area contributed by atoms with Gasteiger partial charge in [-0.1, -0.05) is 0 Å². The van der Waals surface area contributed by atoms with Crippen LogP contribution in [-0.4, -0.2) is 16.0 Å². The van der Waals surface area contributed by atoms with Gasteiger partial charge in [-0.05, 0) is 29.8 Å². The van der Waals surface area contributed by atoms with E-state index >= 15 is 0 Å². The average Bonchev–Trinajstić information content (AvgIpc) is 2.05. The molecule has 0 unspecified atom stereocenters. The van der Waals surface area contributed by atoms with Crippen molar-refractivity contribution in [2.75, 3.05) is 5.32 Å². The molecule has 0 aromatic carbocycles. The van der Waals surface area contributed by atoms with Crippen LogP contribution in [0, 0.1) is 0 Å². The minimum atomic E-state index is -4.51. The first-order valence-electron chi connectivity index (χ1n) is 4.17. The zero-order chi connectivity index (χ0) is 11.6. The zero-order valence-corrected chi connectivity index (χ0v) is 9.65. The van der Waals surface area contributed by atoms with Crippen LogP contribution in [0.1, 0.15) is 19.7 Å². The van der Waals surface area contributed by atoms with Gasteiger partial charge < -0.3 is 5.32 Å². The number of aromatic nitrogens is 2. The second-order valence-corrected chi connectivity index (χ2v) is 3.95. The SMILES string of the molecule is CC(C)Nc1cnc(C(F)(F)F)nc1Br. The maximum atomic E-state index is 12.2. The first kappa shape index (κ1) is 12.2. The fourth-order valence-corrected chi connectivity index (χ4v) is 1.29. The van der Waals surface area contributed by atoms with E-state index in [9.17, 15) is 13.2 Å². The van der Waals surface area contributed by atoms with E-state index in [2.05, 4.69) is 31.2 Å². The highest BCUT2D eigenvalue weighted by Gasteiger charge is 2.35. The molecule has 84 valence electrons. The van der Waals surface area contributed by atoms with Crippen molar-refractivity contribution in [3.8, 4) is 0 Å². The topological polar surface area (TPSA) is 37.8 Å². The largest absolute Gasteiger partial charge is 0.451 e. The quantitative estimate of drug-likeness (QED) is 0.848. The summed E-state index contributed by atoms with van der Waals surface area (Å²) in [4.78, 5) is 6.55. The lowest BCUT2D eigenvalue weighted by Crippen LogP contribution is -2.15. The van der Waals surface area contributed by atoms with Gasteiger partial charge in [-0.2, -0.15) is 13.2 Å². The molecular weight excluding hydrogens is 275 g/mol. The van der Waals surface area contributed by atoms with E-state index in [-0.39, 0.29) is 10.6 Å². The third-order valence-corrected chi connectivity index (χ3v) is 2.04. The van der Waals surface area contributed by atoms with Crippen molar-refractivity contribution in [2.45, 2.75) is 26.1 Å². The monoisotopic (exact) mass is 283 g/mol. The third kappa shape index (κ3) is 3.33. The molecule has 0 atom stereocenters. The van der Waals surface area contributed by atoms with Crippen LogP contribution >= 0.6 is 15.9 Å². The lowest BCUT2D eigenvalue weighted by Gasteiger charge is -2.12. The minimum Gasteiger partial charge on any atom is -0.379 e. The highest BCUT2D eigenvalue weighted by molar-refractivity contribution is 9.10. The van der Waals surface area contributed by atoms with Crippen molar-refractivity contribution in [1.29, 1.82) is 0 Å². The van der Waals surface area contributed by atoms with Gasteiger partial charge in [0.25, 0.3) is 0 Å². The Balaban J connectivity index is 2.98. The zero-order valence-electron chi connectivity index (χ0n) is 8.06. The molecule has 1 rings (SSSR count). The van der Waals surface area contributed by atoms with Crippen LogP contribution in [0.5, 0.6) is 0 Å². The highest BCUT2D eigenvalue weighted by Crippen LogP contribution is 2.29. The summed E-state index contributed by atoms with van der Waals surface area (Å²) in [6.07, 6.45) is -3.40. The van der Waals surface area contributed by atoms with E-state index in [4.69, 9.17) is 0 Å². The summed E-state index contributed by atoms with van der Waals surface area (Å²) in [7, 11) is 0. The van der Waals surface area contributed by atoms with E-state index < -0.39 is 12.0 Å². The smallest absolute Gasteiger partial charge is 0.379 e. The van der Waals surface area contributed by atoms with Crippen LogP contribution in [0.2, 0.25) is 0 Å². The second kappa shape index (κ2) is 4.34. The van der Waals surface area contributed by atoms with E-state index in [0.29, 0.717) is 5.69 Å². The Bertz CT molecular complexity index is 351. The Morgan fingerprint density at radius 3 is 2.40 bits per heavy atom. The van der Waals surface area contributed by atoms with Crippen LogP contribution in [0.3, 0.4) is 0 Å². The van der Waals surface area contributed by atoms with Crippen LogP contribution in [0.15, 0.2) is 10.8 Å². The molecule has 0 amide bonds. The van der Waals surface area contributed by atoms with Crippen LogP contribution in [-0.2, 0) is 6.18 Å². The highest BCUT2D eigenvalue weighted by atomic mass is 79.9. The minimum absolute atomic E-state index is 0.0987. The van der Waals surface area contributed by atoms with Gasteiger partial charge in [-0.3, -0.25) is 0 Å². The van der Waals surface area contributed by atoms with E-state index in [1.807, 2.05) is 13.8 Å². The van der Waals surface area contributed by atoms with Crippen molar-refractivity contribution in [2.24, 2.45) is 0 Å². The summed E-state index contributed by atoms with van der Waals surface area (Å²) in [5, 5.41) is 2.91. The molecule has 0 saturated carbocycles. The summed E-state index contributed by atoms with van der Waals surface area (Å²) < 4.78 is 36.7. The number of alkyl halides is 3. The lowest BCUT2D eigenvalue weighted by atomic mass is 10.3. The average molecular weight is 284 g/mol. The van der Waals surface area contributed by atoms with Crippen molar-refractivity contribution < 1.29 is 13.2 Å². The predicted molar refractivity (Wildman–Crippen MR) is 53.5 cm³/mol. The first-order valence-corrected chi connectivity index (χ1v) is 4.96. The molecule has 0 radical (unpaired) electrons. The summed E-state index contributed by atoms with van der Waals surface area (Å²) >= 11 is 2.95. The fraction of sp³-hybridized carbons (Fsp3) is 0.500. The summed E-state index contributed by atoms with van der Waals surface area (Å²) in [6, 6.07) is 0.0987. The van der Waals surface area contributed by atoms with Crippen LogP contribution in [0.25, 0.3) is 0 Å². The first-order chi connectivity index (χ1) is 6.80. The van der Waals surface area contributed by atoms with Crippen molar-refractivity contribution in [3.63, 3.8) is 0 Å². The van der Waals surface area contributed by atoms with Gasteiger partial charge in [0.1, 0.15) is 4.60 Å². The molecule has 7 heteroatoms. The van der Waals surface area contributed by atoms with Gasteiger partial charge in [0.05, 0.1) is 11.9 Å². The molecule has 0 aliphatic rings. The number of halogens is 4. The Kier molecular flexibility index (Phi) is 3.54. The second-order valence-electron chi connectivity index (χ2n) is 3.19. The third-order valence-electron chi connectivity index (χ3n) is 1.44. The molecule has 1 heterocycles. The molecule has 0 aliphatic carbocycles. The van der Waals surface area contributed by atoms with Crippen molar-refractivity contribution >= 4 is 21.6 Å². The summed E-state index contributed by atoms with van der Waals surface area (Å²) in [5.74, 6) is -1.15. The van der Waals surface area contributed by atoms with Gasteiger partial charge >= 0.3 is 6.18 Å². The lowest BCUT2D eigenvalue weighted by molar-refractivity contribution is -0.145. The Hall–Kier alpha value is -0.850. The van der Waals surface area contributed by atoms with Gasteiger partial charge in [-0.25, -0.2) is 9.97 Å². The van der Waals surface area contributed by atoms with E-state index in [1.165, 1.54) is 0 Å². The maximum Gasteiger partial charge on any atom is 0.451 e. The van der Waals surface area contributed by atoms with Crippen molar-refractivity contribution in [1.82, 2.24) is 9.97 Å². The number of rotatable bonds is 2. The molecule has 1 aromatic heterocycles. The molecule has 0 bridgehead atoms. The molecule has 15 heavy (non-hydrogen) atoms. The Labute approximate surface area is 93.2 Å². The summed E-state index contributed by atoms with van der Waals surface area (Å²) in [5.41, 5.74) is 0.443. The molecule has 1 aromatic rings. The van der Waals surface area contributed by atoms with Crippen LogP contribution < -0.4 is 5.32 Å². The fourth-order valence-electron chi connectivity index (χ4n) is 0.905. The number of nitrogens with zero attached hydrogens (tertiary/aromatic N) is 2. The normalized spacial score (nSPS) is 11.9. The molecule has 0 fully saturated rings. The van der Waals surface area contributed by atoms with E-state index in [0.717, 1.165) is 6.20 Å². The van der Waals surface area contributed by atoms with Gasteiger partial charge in [0.2, 0.25) is 5.82 Å². The van der Waals surface area contributed by atoms with Gasteiger partial charge in [0, 0.05) is 6.04 Å². The summed E-state index contributed by atoms with van der Waals surface area (Å²) in [6.45, 7) is 3.73. The standard InChI is InChI=1S/C8H9BrF3N3/c1-4(2)14-5-3-13-7(8(10,11)12)15-6(5)9/h3-4,14H,1-2H3. The molecule has 3 nitrogen and oxygen atoms in total. The van der Waals surface area contributed by atoms with Gasteiger partial charge in [0.15, 0.2) is 0 Å². The maximum absolute atomic E-state index is 12.2. The molecule has 0 saturated heterocycles. The van der Waals surface area contributed by atoms with Crippen LogP contribution in [0.4, 0.5) is 18.9 Å². The Morgan fingerprint density at radius 2 is 2.00 bits per heavy atom. The molecule has 0 aliphatic heterocycles. The molecule has 1 N–H and O–H groups in total. The van der Waals surface area contributed by atoms with E-state index in [1.54, 1.807) is 0 Å². The molecule has 0 spiro atoms. The van der Waals surface area contributed by atoms with Gasteiger partial charge in [-0.15, -0.1) is 0 Å². The number of hydrogen-bond donors (Lipinski definition) is 1. The molecular formula is C8H9BrF3N3. The Morgan fingerprint density at radius 1 is 1.40 bits per heavy atom. The number of anilines is 1. The number of hydrogen-bond acceptors (Lipinski definition) is 3. The predicted octanol–water partition coefficient (Wildman–Crippen LogP) is 3.08.